The summed E-state index contributed by atoms with van der Waals surface area (Å²) in [5.74, 6) is 0.435. The fourth-order valence-corrected chi connectivity index (χ4v) is 3.71. The summed E-state index contributed by atoms with van der Waals surface area (Å²) in [6, 6.07) is 14.2. The summed E-state index contributed by atoms with van der Waals surface area (Å²) in [6.07, 6.45) is 4.18. The van der Waals surface area contributed by atoms with Crippen molar-refractivity contribution in [1.82, 2.24) is 4.57 Å². The van der Waals surface area contributed by atoms with Crippen molar-refractivity contribution in [1.29, 1.82) is 0 Å². The molecule has 1 fully saturated rings. The van der Waals surface area contributed by atoms with Crippen molar-refractivity contribution < 1.29 is 9.21 Å². The van der Waals surface area contributed by atoms with Crippen LogP contribution >= 0.6 is 0 Å². The number of hydrogen-bond acceptors (Lipinski definition) is 3. The van der Waals surface area contributed by atoms with Gasteiger partial charge < -0.3 is 19.6 Å². The Morgan fingerprint density at radius 2 is 1.88 bits per heavy atom. The summed E-state index contributed by atoms with van der Waals surface area (Å²) in [7, 11) is 0. The van der Waals surface area contributed by atoms with E-state index in [2.05, 4.69) is 33.7 Å². The summed E-state index contributed by atoms with van der Waals surface area (Å²) in [5.41, 5.74) is 10.3. The van der Waals surface area contributed by atoms with E-state index < -0.39 is 5.91 Å². The molecule has 1 amide bonds. The number of hydrogen-bond donors (Lipinski definition) is 1. The van der Waals surface area contributed by atoms with Crippen LogP contribution in [-0.2, 0) is 6.54 Å². The first-order chi connectivity index (χ1) is 12.6. The molecular formula is C21H23N3O2. The van der Waals surface area contributed by atoms with E-state index in [9.17, 15) is 4.79 Å². The van der Waals surface area contributed by atoms with Gasteiger partial charge in [-0.15, -0.1) is 0 Å². The highest BCUT2D eigenvalue weighted by Gasteiger charge is 2.18. The van der Waals surface area contributed by atoms with Crippen molar-refractivity contribution >= 4 is 11.6 Å². The van der Waals surface area contributed by atoms with Crippen LogP contribution in [0.15, 0.2) is 53.1 Å². The van der Waals surface area contributed by atoms with Gasteiger partial charge in [0, 0.05) is 30.2 Å². The number of primary amides is 1. The molecule has 2 N–H and O–H groups in total. The van der Waals surface area contributed by atoms with Gasteiger partial charge in [0.15, 0.2) is 0 Å². The molecule has 0 bridgehead atoms. The minimum Gasteiger partial charge on any atom is -0.467 e. The Hall–Kier alpha value is -2.95. The zero-order valence-electron chi connectivity index (χ0n) is 14.9. The molecule has 134 valence electrons. The lowest BCUT2D eigenvalue weighted by Gasteiger charge is -2.18. The number of aromatic nitrogens is 1. The predicted octanol–water partition coefficient (Wildman–Crippen LogP) is 3.80. The maximum absolute atomic E-state index is 11.8. The van der Waals surface area contributed by atoms with Gasteiger partial charge in [0.05, 0.1) is 18.4 Å². The van der Waals surface area contributed by atoms with Gasteiger partial charge in [-0.3, -0.25) is 4.79 Å². The molecule has 5 heteroatoms. The van der Waals surface area contributed by atoms with E-state index in [1.54, 1.807) is 6.26 Å². The van der Waals surface area contributed by atoms with Crippen LogP contribution in [0.25, 0.3) is 11.3 Å². The second-order valence-corrected chi connectivity index (χ2v) is 6.80. The topological polar surface area (TPSA) is 64.4 Å². The lowest BCUT2D eigenvalue weighted by molar-refractivity contribution is 0.0999. The Bertz CT molecular complexity index is 902. The zero-order valence-corrected chi connectivity index (χ0v) is 14.9. The Kier molecular flexibility index (Phi) is 4.29. The van der Waals surface area contributed by atoms with Gasteiger partial charge in [0.1, 0.15) is 5.76 Å². The molecule has 4 rings (SSSR count). The minimum atomic E-state index is -0.407. The summed E-state index contributed by atoms with van der Waals surface area (Å²) >= 11 is 0. The van der Waals surface area contributed by atoms with Gasteiger partial charge in [-0.05, 0) is 55.7 Å². The normalized spacial score (nSPS) is 14.1. The number of benzene rings is 1. The number of carbonyl (C=O) groups is 1. The number of rotatable bonds is 5. The van der Waals surface area contributed by atoms with E-state index in [0.717, 1.165) is 35.8 Å². The van der Waals surface area contributed by atoms with Gasteiger partial charge in [0.2, 0.25) is 0 Å². The summed E-state index contributed by atoms with van der Waals surface area (Å²) in [6.45, 7) is 4.73. The molecule has 1 aliphatic rings. The highest BCUT2D eigenvalue weighted by atomic mass is 16.3. The number of nitrogens with zero attached hydrogens (tertiary/aromatic N) is 2. The van der Waals surface area contributed by atoms with Crippen molar-refractivity contribution in [3.05, 3.63) is 65.7 Å². The third-order valence-electron chi connectivity index (χ3n) is 5.16. The second kappa shape index (κ2) is 6.75. The maximum Gasteiger partial charge on any atom is 0.250 e. The van der Waals surface area contributed by atoms with Crippen LogP contribution in [0.4, 0.5) is 5.69 Å². The molecule has 1 saturated heterocycles. The molecule has 1 aliphatic heterocycles. The first-order valence-corrected chi connectivity index (χ1v) is 9.01. The summed E-state index contributed by atoms with van der Waals surface area (Å²) in [4.78, 5) is 14.2. The molecule has 0 saturated carbocycles. The molecule has 1 aromatic carbocycles. The Morgan fingerprint density at radius 1 is 1.15 bits per heavy atom. The average Bonchev–Trinajstić information content (AvgIpc) is 3.38. The van der Waals surface area contributed by atoms with Gasteiger partial charge in [-0.25, -0.2) is 0 Å². The smallest absolute Gasteiger partial charge is 0.250 e. The van der Waals surface area contributed by atoms with E-state index >= 15 is 0 Å². The van der Waals surface area contributed by atoms with Gasteiger partial charge >= 0.3 is 0 Å². The van der Waals surface area contributed by atoms with Crippen LogP contribution in [0.5, 0.6) is 0 Å². The van der Waals surface area contributed by atoms with Crippen molar-refractivity contribution in [3.8, 4) is 11.3 Å². The van der Waals surface area contributed by atoms with Crippen molar-refractivity contribution in [2.45, 2.75) is 26.3 Å². The Balaban J connectivity index is 1.72. The molecular weight excluding hydrogens is 326 g/mol. The van der Waals surface area contributed by atoms with E-state index in [4.69, 9.17) is 10.2 Å². The number of amides is 1. The van der Waals surface area contributed by atoms with Crippen molar-refractivity contribution in [2.75, 3.05) is 18.0 Å². The van der Waals surface area contributed by atoms with E-state index in [1.807, 2.05) is 25.1 Å². The van der Waals surface area contributed by atoms with Gasteiger partial charge in [0.25, 0.3) is 5.91 Å². The maximum atomic E-state index is 11.8. The SMILES string of the molecule is Cc1c(C(N)=O)cc(-c2ccc(N3CCCC3)cc2)n1Cc1ccco1. The third-order valence-corrected chi connectivity index (χ3v) is 5.16. The van der Waals surface area contributed by atoms with E-state index in [1.165, 1.54) is 18.5 Å². The lowest BCUT2D eigenvalue weighted by atomic mass is 10.1. The molecule has 0 spiro atoms. The molecule has 0 atom stereocenters. The number of nitrogens with two attached hydrogens (primary N) is 1. The van der Waals surface area contributed by atoms with Gasteiger partial charge in [-0.2, -0.15) is 0 Å². The minimum absolute atomic E-state index is 0.407. The molecule has 2 aromatic heterocycles. The van der Waals surface area contributed by atoms with Crippen molar-refractivity contribution in [3.63, 3.8) is 0 Å². The average molecular weight is 349 g/mol. The fraction of sp³-hybridized carbons (Fsp3) is 0.286. The van der Waals surface area contributed by atoms with Crippen LogP contribution in [-0.4, -0.2) is 23.6 Å². The van der Waals surface area contributed by atoms with Crippen LogP contribution in [0, 0.1) is 6.92 Å². The number of carbonyl (C=O) groups excluding carboxylic acids is 1. The second-order valence-electron chi connectivity index (χ2n) is 6.80. The van der Waals surface area contributed by atoms with Crippen LogP contribution < -0.4 is 10.6 Å². The molecule has 3 aromatic rings. The van der Waals surface area contributed by atoms with E-state index in [-0.39, 0.29) is 0 Å². The highest BCUT2D eigenvalue weighted by Crippen LogP contribution is 2.29. The third kappa shape index (κ3) is 3.01. The largest absolute Gasteiger partial charge is 0.467 e. The predicted molar refractivity (Wildman–Crippen MR) is 102 cm³/mol. The van der Waals surface area contributed by atoms with E-state index in [0.29, 0.717) is 12.1 Å². The van der Waals surface area contributed by atoms with Gasteiger partial charge in [-0.1, -0.05) is 12.1 Å². The van der Waals surface area contributed by atoms with Crippen LogP contribution in [0.3, 0.4) is 0 Å². The molecule has 0 unspecified atom stereocenters. The zero-order chi connectivity index (χ0) is 18.1. The van der Waals surface area contributed by atoms with Crippen LogP contribution in [0.1, 0.15) is 34.7 Å². The fourth-order valence-electron chi connectivity index (χ4n) is 3.71. The molecule has 26 heavy (non-hydrogen) atoms. The number of anilines is 1. The first-order valence-electron chi connectivity index (χ1n) is 9.01. The molecule has 5 nitrogen and oxygen atoms in total. The molecule has 0 radical (unpaired) electrons. The number of furan rings is 1. The highest BCUT2D eigenvalue weighted by molar-refractivity contribution is 5.95. The Labute approximate surface area is 153 Å². The lowest BCUT2D eigenvalue weighted by Crippen LogP contribution is -2.17. The quantitative estimate of drug-likeness (QED) is 0.762. The first kappa shape index (κ1) is 16.5. The Morgan fingerprint density at radius 3 is 2.50 bits per heavy atom. The monoisotopic (exact) mass is 349 g/mol. The van der Waals surface area contributed by atoms with Crippen LogP contribution in [0.2, 0.25) is 0 Å². The summed E-state index contributed by atoms with van der Waals surface area (Å²) in [5, 5.41) is 0. The molecule has 3 heterocycles. The standard InChI is InChI=1S/C21H23N3O2/c1-15-19(21(22)25)13-20(24(15)14-18-5-4-12-26-18)16-6-8-17(9-7-16)23-10-2-3-11-23/h4-9,12-13H,2-3,10-11,14H2,1H3,(H2,22,25). The summed E-state index contributed by atoms with van der Waals surface area (Å²) < 4.78 is 7.58. The molecule has 0 aliphatic carbocycles. The van der Waals surface area contributed by atoms with Crippen molar-refractivity contribution in [2.24, 2.45) is 5.73 Å².